The summed E-state index contributed by atoms with van der Waals surface area (Å²) in [4.78, 5) is 26.9. The van der Waals surface area contributed by atoms with Crippen molar-refractivity contribution in [1.82, 2.24) is 14.9 Å². The van der Waals surface area contributed by atoms with Crippen LogP contribution in [0, 0.1) is 0 Å². The van der Waals surface area contributed by atoms with Crippen molar-refractivity contribution in [2.24, 2.45) is 0 Å². The first-order valence-corrected chi connectivity index (χ1v) is 6.64. The minimum atomic E-state index is -0.476. The van der Waals surface area contributed by atoms with Crippen LogP contribution in [0.2, 0.25) is 0 Å². The van der Waals surface area contributed by atoms with Crippen LogP contribution in [-0.2, 0) is 17.8 Å². The van der Waals surface area contributed by atoms with Crippen LogP contribution in [0.5, 0.6) is 0 Å². The van der Waals surface area contributed by atoms with Crippen LogP contribution in [-0.4, -0.2) is 33.2 Å². The molecule has 0 aliphatic heterocycles. The summed E-state index contributed by atoms with van der Waals surface area (Å²) >= 11 is 0. The predicted octanol–water partition coefficient (Wildman–Crippen LogP) is -0.0369. The van der Waals surface area contributed by atoms with Gasteiger partial charge in [-0.1, -0.05) is 30.3 Å². The second-order valence-corrected chi connectivity index (χ2v) is 4.67. The summed E-state index contributed by atoms with van der Waals surface area (Å²) in [6.45, 7) is -0.277. The van der Waals surface area contributed by atoms with E-state index in [1.54, 1.807) is 6.07 Å². The van der Waals surface area contributed by atoms with E-state index in [9.17, 15) is 14.7 Å². The van der Waals surface area contributed by atoms with Crippen molar-refractivity contribution < 1.29 is 9.90 Å². The van der Waals surface area contributed by atoms with Crippen molar-refractivity contribution in [3.05, 3.63) is 64.8 Å². The summed E-state index contributed by atoms with van der Waals surface area (Å²) in [6, 6.07) is 10.8. The van der Waals surface area contributed by atoms with E-state index in [1.807, 2.05) is 30.3 Å². The maximum atomic E-state index is 11.9. The molecule has 2 aromatic rings. The molecule has 2 rings (SSSR count). The molecule has 0 fully saturated rings. The number of nitrogens with zero attached hydrogens (tertiary/aromatic N) is 2. The molecule has 1 heterocycles. The molecule has 1 aromatic heterocycles. The molecule has 1 atom stereocenters. The molecule has 0 aliphatic carbocycles. The zero-order chi connectivity index (χ0) is 15.1. The quantitative estimate of drug-likeness (QED) is 0.781. The lowest BCUT2D eigenvalue weighted by molar-refractivity contribution is -0.122. The lowest BCUT2D eigenvalue weighted by atomic mass is 10.1. The molecule has 2 N–H and O–H groups in total. The molecule has 0 saturated heterocycles. The molecule has 6 heteroatoms. The smallest absolute Gasteiger partial charge is 0.347 e. The third kappa shape index (κ3) is 4.54. The number of hydrogen-bond donors (Lipinski definition) is 2. The first-order chi connectivity index (χ1) is 10.2. The van der Waals surface area contributed by atoms with Crippen molar-refractivity contribution in [2.75, 3.05) is 6.61 Å². The Morgan fingerprint density at radius 1 is 1.29 bits per heavy atom. The van der Waals surface area contributed by atoms with Gasteiger partial charge in [0.15, 0.2) is 0 Å². The Morgan fingerprint density at radius 2 is 2.05 bits per heavy atom. The fourth-order valence-corrected chi connectivity index (χ4v) is 2.00. The van der Waals surface area contributed by atoms with Crippen LogP contribution in [0.1, 0.15) is 5.56 Å². The van der Waals surface area contributed by atoms with Crippen LogP contribution in [0.25, 0.3) is 0 Å². The maximum Gasteiger partial charge on any atom is 0.347 e. The molecule has 1 aromatic carbocycles. The van der Waals surface area contributed by atoms with Gasteiger partial charge in [0.05, 0.1) is 12.6 Å². The largest absolute Gasteiger partial charge is 0.394 e. The number of aliphatic hydroxyl groups is 1. The van der Waals surface area contributed by atoms with Gasteiger partial charge in [-0.3, -0.25) is 9.36 Å². The number of carbonyl (C=O) groups excluding carboxylic acids is 1. The Kier molecular flexibility index (Phi) is 5.22. The number of aliphatic hydroxyl groups excluding tert-OH is 1. The van der Waals surface area contributed by atoms with Gasteiger partial charge in [-0.25, -0.2) is 9.78 Å². The Labute approximate surface area is 122 Å². The zero-order valence-electron chi connectivity index (χ0n) is 11.5. The molecule has 0 saturated carbocycles. The summed E-state index contributed by atoms with van der Waals surface area (Å²) in [5.41, 5.74) is 0.548. The molecule has 0 spiro atoms. The lowest BCUT2D eigenvalue weighted by Gasteiger charge is -2.16. The van der Waals surface area contributed by atoms with E-state index in [4.69, 9.17) is 0 Å². The molecule has 0 bridgehead atoms. The molecule has 0 aliphatic rings. The first kappa shape index (κ1) is 14.9. The fourth-order valence-electron chi connectivity index (χ4n) is 2.00. The van der Waals surface area contributed by atoms with Crippen molar-refractivity contribution in [1.29, 1.82) is 0 Å². The van der Waals surface area contributed by atoms with Crippen LogP contribution >= 0.6 is 0 Å². The number of carbonyl (C=O) groups is 1. The van der Waals surface area contributed by atoms with Gasteiger partial charge in [-0.2, -0.15) is 0 Å². The van der Waals surface area contributed by atoms with Gasteiger partial charge in [0, 0.05) is 12.4 Å². The van der Waals surface area contributed by atoms with E-state index >= 15 is 0 Å². The topological polar surface area (TPSA) is 84.2 Å². The van der Waals surface area contributed by atoms with E-state index < -0.39 is 5.69 Å². The van der Waals surface area contributed by atoms with Gasteiger partial charge in [0.2, 0.25) is 5.91 Å². The number of nitrogens with one attached hydrogen (secondary N) is 1. The molecule has 110 valence electrons. The van der Waals surface area contributed by atoms with E-state index in [1.165, 1.54) is 17.0 Å². The van der Waals surface area contributed by atoms with Gasteiger partial charge in [0.1, 0.15) is 6.54 Å². The SMILES string of the molecule is O=C(Cn1cccnc1=O)NC(CO)Cc1ccccc1. The Bertz CT molecular complexity index is 640. The molecule has 1 unspecified atom stereocenters. The van der Waals surface area contributed by atoms with Gasteiger partial charge in [-0.05, 0) is 18.1 Å². The molecule has 0 radical (unpaired) electrons. The number of aromatic nitrogens is 2. The highest BCUT2D eigenvalue weighted by Crippen LogP contribution is 2.02. The van der Waals surface area contributed by atoms with Crippen molar-refractivity contribution in [3.8, 4) is 0 Å². The van der Waals surface area contributed by atoms with Crippen LogP contribution in [0.3, 0.4) is 0 Å². The van der Waals surface area contributed by atoms with Gasteiger partial charge in [0.25, 0.3) is 0 Å². The summed E-state index contributed by atoms with van der Waals surface area (Å²) in [6.07, 6.45) is 3.41. The van der Waals surface area contributed by atoms with Gasteiger partial charge in [-0.15, -0.1) is 0 Å². The second-order valence-electron chi connectivity index (χ2n) is 4.67. The zero-order valence-corrected chi connectivity index (χ0v) is 11.5. The normalized spacial score (nSPS) is 11.9. The van der Waals surface area contributed by atoms with Gasteiger partial charge >= 0.3 is 5.69 Å². The van der Waals surface area contributed by atoms with E-state index in [2.05, 4.69) is 10.3 Å². The summed E-state index contributed by atoms with van der Waals surface area (Å²) < 4.78 is 1.21. The van der Waals surface area contributed by atoms with Crippen LogP contribution in [0.4, 0.5) is 0 Å². The highest BCUT2D eigenvalue weighted by atomic mass is 16.3. The van der Waals surface area contributed by atoms with Gasteiger partial charge < -0.3 is 10.4 Å². The van der Waals surface area contributed by atoms with E-state index in [0.717, 1.165) is 5.56 Å². The molecular formula is C15H17N3O3. The van der Waals surface area contributed by atoms with Crippen molar-refractivity contribution in [3.63, 3.8) is 0 Å². The molecule has 21 heavy (non-hydrogen) atoms. The standard InChI is InChI=1S/C15H17N3O3/c19-11-13(9-12-5-2-1-3-6-12)17-14(20)10-18-8-4-7-16-15(18)21/h1-8,13,19H,9-11H2,(H,17,20). The summed E-state index contributed by atoms with van der Waals surface area (Å²) in [5.74, 6) is -0.333. The van der Waals surface area contributed by atoms with Crippen molar-refractivity contribution in [2.45, 2.75) is 19.0 Å². The number of benzene rings is 1. The Morgan fingerprint density at radius 3 is 2.71 bits per heavy atom. The molecule has 6 nitrogen and oxygen atoms in total. The fraction of sp³-hybridized carbons (Fsp3) is 0.267. The highest BCUT2D eigenvalue weighted by molar-refractivity contribution is 5.76. The third-order valence-electron chi connectivity index (χ3n) is 3.01. The first-order valence-electron chi connectivity index (χ1n) is 6.64. The number of rotatable bonds is 6. The molecular weight excluding hydrogens is 270 g/mol. The minimum Gasteiger partial charge on any atom is -0.394 e. The Hall–Kier alpha value is -2.47. The highest BCUT2D eigenvalue weighted by Gasteiger charge is 2.12. The second kappa shape index (κ2) is 7.35. The number of amides is 1. The summed E-state index contributed by atoms with van der Waals surface area (Å²) in [7, 11) is 0. The maximum absolute atomic E-state index is 11.9. The lowest BCUT2D eigenvalue weighted by Crippen LogP contribution is -2.42. The Balaban J connectivity index is 1.94. The predicted molar refractivity (Wildman–Crippen MR) is 77.7 cm³/mol. The van der Waals surface area contributed by atoms with Crippen LogP contribution in [0.15, 0.2) is 53.6 Å². The number of hydrogen-bond acceptors (Lipinski definition) is 4. The summed E-state index contributed by atoms with van der Waals surface area (Å²) in [5, 5.41) is 12.1. The average molecular weight is 287 g/mol. The molecule has 1 amide bonds. The minimum absolute atomic E-state index is 0.113. The monoisotopic (exact) mass is 287 g/mol. The van der Waals surface area contributed by atoms with E-state index in [0.29, 0.717) is 6.42 Å². The third-order valence-corrected chi connectivity index (χ3v) is 3.01. The average Bonchev–Trinajstić information content (AvgIpc) is 2.50. The van der Waals surface area contributed by atoms with Crippen LogP contribution < -0.4 is 11.0 Å². The van der Waals surface area contributed by atoms with E-state index in [-0.39, 0.29) is 25.1 Å². The van der Waals surface area contributed by atoms with Crippen molar-refractivity contribution >= 4 is 5.91 Å².